The Labute approximate surface area is 163 Å². The molecule has 5 nitrogen and oxygen atoms in total. The van der Waals surface area contributed by atoms with Crippen molar-refractivity contribution >= 4 is 22.6 Å². The summed E-state index contributed by atoms with van der Waals surface area (Å²) < 4.78 is 13.4. The van der Waals surface area contributed by atoms with Crippen molar-refractivity contribution in [3.8, 4) is 0 Å². The summed E-state index contributed by atoms with van der Waals surface area (Å²) in [4.78, 5) is 21.2. The van der Waals surface area contributed by atoms with Gasteiger partial charge in [0.25, 0.3) is 0 Å². The number of para-hydroxylation sites is 1. The summed E-state index contributed by atoms with van der Waals surface area (Å²) in [6.07, 6.45) is 0.968. The van der Waals surface area contributed by atoms with Crippen LogP contribution in [0.3, 0.4) is 0 Å². The van der Waals surface area contributed by atoms with Crippen LogP contribution in [0.4, 0.5) is 10.2 Å². The van der Waals surface area contributed by atoms with Gasteiger partial charge in [-0.2, -0.15) is 0 Å². The second kappa shape index (κ2) is 7.94. The Morgan fingerprint density at radius 3 is 2.71 bits per heavy atom. The molecule has 6 heteroatoms. The number of rotatable bonds is 4. The van der Waals surface area contributed by atoms with Crippen LogP contribution in [0.5, 0.6) is 0 Å². The van der Waals surface area contributed by atoms with Crippen molar-refractivity contribution in [1.82, 2.24) is 9.88 Å². The number of nitrogens with zero attached hydrogens (tertiary/aromatic N) is 3. The molecule has 1 aromatic heterocycles. The molecule has 0 bridgehead atoms. The quantitative estimate of drug-likeness (QED) is 0.757. The summed E-state index contributed by atoms with van der Waals surface area (Å²) in [5.74, 6) is 0.135. The number of carbonyl (C=O) groups is 1. The van der Waals surface area contributed by atoms with Crippen LogP contribution < -0.4 is 10.6 Å². The molecule has 0 saturated carbocycles. The molecule has 4 rings (SSSR count). The van der Waals surface area contributed by atoms with E-state index in [0.717, 1.165) is 61.4 Å². The molecular weight excluding hydrogens is 355 g/mol. The van der Waals surface area contributed by atoms with Gasteiger partial charge in [0.1, 0.15) is 11.6 Å². The first-order valence-corrected chi connectivity index (χ1v) is 9.51. The molecule has 2 N–H and O–H groups in total. The maximum atomic E-state index is 13.4. The average Bonchev–Trinajstić information content (AvgIpc) is 2.92. The molecule has 1 aliphatic rings. The Morgan fingerprint density at radius 1 is 1.04 bits per heavy atom. The number of nitrogens with two attached hydrogens (primary N) is 1. The third-order valence-corrected chi connectivity index (χ3v) is 5.18. The van der Waals surface area contributed by atoms with Crippen molar-refractivity contribution < 1.29 is 9.18 Å². The van der Waals surface area contributed by atoms with Gasteiger partial charge in [0.2, 0.25) is 5.91 Å². The van der Waals surface area contributed by atoms with Gasteiger partial charge in [0.15, 0.2) is 0 Å². The fourth-order valence-electron chi connectivity index (χ4n) is 3.78. The first kappa shape index (κ1) is 18.4. The number of halogens is 1. The maximum absolute atomic E-state index is 13.4. The van der Waals surface area contributed by atoms with Gasteiger partial charge in [-0.1, -0.05) is 30.3 Å². The molecule has 0 radical (unpaired) electrons. The minimum Gasteiger partial charge on any atom is -0.366 e. The molecule has 0 atom stereocenters. The van der Waals surface area contributed by atoms with Gasteiger partial charge >= 0.3 is 0 Å². The number of aromatic nitrogens is 1. The first-order chi connectivity index (χ1) is 13.6. The summed E-state index contributed by atoms with van der Waals surface area (Å²) in [6.45, 7) is 4.14. The zero-order valence-corrected chi connectivity index (χ0v) is 15.6. The zero-order chi connectivity index (χ0) is 19.5. The van der Waals surface area contributed by atoms with Crippen LogP contribution in [0.15, 0.2) is 54.6 Å². The van der Waals surface area contributed by atoms with Crippen LogP contribution in [0, 0.1) is 5.82 Å². The van der Waals surface area contributed by atoms with Crippen molar-refractivity contribution in [2.75, 3.05) is 31.1 Å². The van der Waals surface area contributed by atoms with Crippen LogP contribution in [0.25, 0.3) is 10.9 Å². The normalized spacial score (nSPS) is 15.5. The van der Waals surface area contributed by atoms with Crippen molar-refractivity contribution in [2.45, 2.75) is 13.0 Å². The zero-order valence-electron chi connectivity index (χ0n) is 15.6. The summed E-state index contributed by atoms with van der Waals surface area (Å²) in [7, 11) is 0. The summed E-state index contributed by atoms with van der Waals surface area (Å²) in [5, 5.41) is 0.779. The minimum absolute atomic E-state index is 0.201. The van der Waals surface area contributed by atoms with E-state index in [1.54, 1.807) is 18.2 Å². The number of pyridine rings is 1. The van der Waals surface area contributed by atoms with Gasteiger partial charge in [0, 0.05) is 38.1 Å². The van der Waals surface area contributed by atoms with Crippen LogP contribution in [-0.2, 0) is 6.54 Å². The van der Waals surface area contributed by atoms with E-state index in [4.69, 9.17) is 10.7 Å². The third kappa shape index (κ3) is 3.97. The lowest BCUT2D eigenvalue weighted by Gasteiger charge is -2.23. The highest BCUT2D eigenvalue weighted by molar-refractivity contribution is 6.06. The lowest BCUT2D eigenvalue weighted by molar-refractivity contribution is 0.100. The molecule has 0 spiro atoms. The highest BCUT2D eigenvalue weighted by Crippen LogP contribution is 2.24. The Balaban J connectivity index is 1.53. The van der Waals surface area contributed by atoms with Gasteiger partial charge in [-0.25, -0.2) is 9.37 Å². The van der Waals surface area contributed by atoms with Crippen molar-refractivity contribution in [3.63, 3.8) is 0 Å². The van der Waals surface area contributed by atoms with E-state index in [9.17, 15) is 9.18 Å². The smallest absolute Gasteiger partial charge is 0.249 e. The van der Waals surface area contributed by atoms with Crippen LogP contribution in [-0.4, -0.2) is 42.0 Å². The molecule has 2 aromatic carbocycles. The van der Waals surface area contributed by atoms with Crippen molar-refractivity contribution in [2.24, 2.45) is 5.73 Å². The molecular formula is C22H23FN4O. The standard InChI is InChI=1S/C22H23FN4O/c23-17-6-3-5-16(13-17)15-26-9-4-10-27(12-11-26)21-14-19(22(24)28)18-7-1-2-8-20(18)25-21/h1-3,5-8,13-14H,4,9-12,15H2,(H2,24,28). The fraction of sp³-hybridized carbons (Fsp3) is 0.273. The predicted octanol–water partition coefficient (Wildman–Crippen LogP) is 3.19. The topological polar surface area (TPSA) is 62.5 Å². The van der Waals surface area contributed by atoms with E-state index in [0.29, 0.717) is 5.56 Å². The summed E-state index contributed by atoms with van der Waals surface area (Å²) in [6, 6.07) is 16.1. The van der Waals surface area contributed by atoms with Crippen LogP contribution in [0.2, 0.25) is 0 Å². The monoisotopic (exact) mass is 378 g/mol. The van der Waals surface area contributed by atoms with E-state index < -0.39 is 5.91 Å². The Bertz CT molecular complexity index is 1010. The Hall–Kier alpha value is -2.99. The second-order valence-electron chi connectivity index (χ2n) is 7.16. The largest absolute Gasteiger partial charge is 0.366 e. The number of primary amides is 1. The fourth-order valence-corrected chi connectivity index (χ4v) is 3.78. The molecule has 1 fully saturated rings. The number of hydrogen-bond acceptors (Lipinski definition) is 4. The predicted molar refractivity (Wildman–Crippen MR) is 109 cm³/mol. The highest BCUT2D eigenvalue weighted by Gasteiger charge is 2.19. The van der Waals surface area contributed by atoms with E-state index in [1.807, 2.05) is 30.3 Å². The van der Waals surface area contributed by atoms with E-state index in [-0.39, 0.29) is 5.82 Å². The molecule has 144 valence electrons. The summed E-state index contributed by atoms with van der Waals surface area (Å²) in [5.41, 5.74) is 7.86. The molecule has 0 unspecified atom stereocenters. The molecule has 1 saturated heterocycles. The van der Waals surface area contributed by atoms with Gasteiger partial charge in [0.05, 0.1) is 11.1 Å². The van der Waals surface area contributed by atoms with E-state index in [1.165, 1.54) is 6.07 Å². The van der Waals surface area contributed by atoms with E-state index >= 15 is 0 Å². The first-order valence-electron chi connectivity index (χ1n) is 9.51. The van der Waals surface area contributed by atoms with Gasteiger partial charge < -0.3 is 10.6 Å². The van der Waals surface area contributed by atoms with Gasteiger partial charge in [-0.3, -0.25) is 9.69 Å². The number of anilines is 1. The lowest BCUT2D eigenvalue weighted by Crippen LogP contribution is -2.31. The third-order valence-electron chi connectivity index (χ3n) is 5.18. The maximum Gasteiger partial charge on any atom is 0.249 e. The number of benzene rings is 2. The van der Waals surface area contributed by atoms with Gasteiger partial charge in [-0.15, -0.1) is 0 Å². The van der Waals surface area contributed by atoms with Crippen molar-refractivity contribution in [1.29, 1.82) is 0 Å². The molecule has 2 heterocycles. The second-order valence-corrected chi connectivity index (χ2v) is 7.16. The number of carbonyl (C=O) groups excluding carboxylic acids is 1. The Morgan fingerprint density at radius 2 is 1.89 bits per heavy atom. The van der Waals surface area contributed by atoms with Crippen LogP contribution >= 0.6 is 0 Å². The minimum atomic E-state index is -0.442. The number of fused-ring (bicyclic) bond motifs is 1. The molecule has 28 heavy (non-hydrogen) atoms. The molecule has 3 aromatic rings. The molecule has 0 aliphatic carbocycles. The van der Waals surface area contributed by atoms with E-state index in [2.05, 4.69) is 9.80 Å². The Kier molecular flexibility index (Phi) is 5.21. The summed E-state index contributed by atoms with van der Waals surface area (Å²) >= 11 is 0. The lowest BCUT2D eigenvalue weighted by atomic mass is 10.1. The highest BCUT2D eigenvalue weighted by atomic mass is 19.1. The molecule has 1 amide bonds. The number of hydrogen-bond donors (Lipinski definition) is 1. The van der Waals surface area contributed by atoms with Crippen LogP contribution in [0.1, 0.15) is 22.3 Å². The SMILES string of the molecule is NC(=O)c1cc(N2CCCN(Cc3cccc(F)c3)CC2)nc2ccccc12. The van der Waals surface area contributed by atoms with Crippen molar-refractivity contribution in [3.05, 3.63) is 71.5 Å². The van der Waals surface area contributed by atoms with Gasteiger partial charge in [-0.05, 0) is 36.2 Å². The molecule has 1 aliphatic heterocycles. The number of amides is 1. The average molecular weight is 378 g/mol.